The van der Waals surface area contributed by atoms with E-state index in [-0.39, 0.29) is 11.3 Å². The molecule has 0 saturated carbocycles. The first-order valence-corrected chi connectivity index (χ1v) is 7.01. The minimum Gasteiger partial charge on any atom is -0.379 e. The van der Waals surface area contributed by atoms with Gasteiger partial charge in [-0.25, -0.2) is 0 Å². The minimum absolute atomic E-state index is 0.0698. The zero-order valence-corrected chi connectivity index (χ0v) is 11.7. The van der Waals surface area contributed by atoms with Gasteiger partial charge in [0.25, 0.3) is 0 Å². The molecule has 0 spiro atoms. The van der Waals surface area contributed by atoms with Crippen LogP contribution in [0.5, 0.6) is 0 Å². The lowest BCUT2D eigenvalue weighted by molar-refractivity contribution is -0.126. The van der Waals surface area contributed by atoms with Crippen molar-refractivity contribution in [1.29, 1.82) is 0 Å². The second kappa shape index (κ2) is 4.99. The van der Waals surface area contributed by atoms with E-state index < -0.39 is 5.54 Å². The highest BCUT2D eigenvalue weighted by atomic mass is 32.1. The van der Waals surface area contributed by atoms with Crippen LogP contribution in [-0.2, 0) is 14.9 Å². The van der Waals surface area contributed by atoms with Crippen LogP contribution >= 0.6 is 11.3 Å². The number of nitrogens with one attached hydrogen (secondary N) is 1. The van der Waals surface area contributed by atoms with Crippen molar-refractivity contribution in [2.75, 3.05) is 19.8 Å². The maximum atomic E-state index is 12.1. The molecule has 3 N–H and O–H groups in total. The van der Waals surface area contributed by atoms with E-state index in [0.717, 1.165) is 0 Å². The molecule has 100 valence electrons. The number of thiophene rings is 1. The van der Waals surface area contributed by atoms with Gasteiger partial charge < -0.3 is 15.8 Å². The molecule has 4 nitrogen and oxygen atoms in total. The first-order chi connectivity index (χ1) is 8.44. The van der Waals surface area contributed by atoms with Gasteiger partial charge in [-0.05, 0) is 17.9 Å². The number of rotatable bonds is 4. The lowest BCUT2D eigenvalue weighted by Crippen LogP contribution is -2.56. The molecule has 0 aromatic carbocycles. The summed E-state index contributed by atoms with van der Waals surface area (Å²) < 4.78 is 5.20. The number of ether oxygens (including phenoxy) is 1. The highest BCUT2D eigenvalue weighted by molar-refractivity contribution is 7.10. The quantitative estimate of drug-likeness (QED) is 0.864. The van der Waals surface area contributed by atoms with E-state index in [2.05, 4.69) is 25.2 Å². The van der Waals surface area contributed by atoms with Crippen molar-refractivity contribution in [2.24, 2.45) is 5.73 Å². The highest BCUT2D eigenvalue weighted by Gasteiger charge is 2.38. The Bertz CT molecular complexity index is 409. The van der Waals surface area contributed by atoms with E-state index in [0.29, 0.717) is 26.2 Å². The van der Waals surface area contributed by atoms with Gasteiger partial charge in [0.15, 0.2) is 0 Å². The van der Waals surface area contributed by atoms with Gasteiger partial charge in [0.05, 0.1) is 6.61 Å². The highest BCUT2D eigenvalue weighted by Crippen LogP contribution is 2.27. The van der Waals surface area contributed by atoms with Crippen LogP contribution in [0.2, 0.25) is 0 Å². The van der Waals surface area contributed by atoms with Gasteiger partial charge in [0, 0.05) is 23.4 Å². The van der Waals surface area contributed by atoms with Crippen LogP contribution in [0, 0.1) is 0 Å². The van der Waals surface area contributed by atoms with Gasteiger partial charge >= 0.3 is 0 Å². The zero-order chi connectivity index (χ0) is 13.2. The molecule has 1 fully saturated rings. The summed E-state index contributed by atoms with van der Waals surface area (Å²) in [6, 6.07) is 4.12. The maximum Gasteiger partial charge on any atom is 0.242 e. The van der Waals surface area contributed by atoms with E-state index in [1.807, 2.05) is 11.4 Å². The van der Waals surface area contributed by atoms with Crippen molar-refractivity contribution in [3.8, 4) is 0 Å². The monoisotopic (exact) mass is 268 g/mol. The average molecular weight is 268 g/mol. The molecular formula is C13H20N2O2S. The Kier molecular flexibility index (Phi) is 3.75. The zero-order valence-electron chi connectivity index (χ0n) is 10.9. The number of amides is 1. The van der Waals surface area contributed by atoms with E-state index in [1.165, 1.54) is 4.88 Å². The number of hydrogen-bond donors (Lipinski definition) is 2. The molecule has 1 aliphatic rings. The Morgan fingerprint density at radius 3 is 3.00 bits per heavy atom. The maximum absolute atomic E-state index is 12.1. The van der Waals surface area contributed by atoms with E-state index in [4.69, 9.17) is 10.5 Å². The van der Waals surface area contributed by atoms with Gasteiger partial charge in [-0.2, -0.15) is 0 Å². The van der Waals surface area contributed by atoms with Crippen LogP contribution in [0.25, 0.3) is 0 Å². The molecule has 1 aromatic heterocycles. The molecule has 18 heavy (non-hydrogen) atoms. The molecule has 0 aliphatic carbocycles. The van der Waals surface area contributed by atoms with Crippen molar-refractivity contribution in [1.82, 2.24) is 5.32 Å². The van der Waals surface area contributed by atoms with E-state index >= 15 is 0 Å². The summed E-state index contributed by atoms with van der Waals surface area (Å²) in [6.07, 6.45) is 0.595. The Morgan fingerprint density at radius 2 is 2.44 bits per heavy atom. The van der Waals surface area contributed by atoms with Gasteiger partial charge in [-0.15, -0.1) is 11.3 Å². The van der Waals surface area contributed by atoms with Crippen LogP contribution in [0.15, 0.2) is 17.5 Å². The Labute approximate surface area is 112 Å². The summed E-state index contributed by atoms with van der Waals surface area (Å²) >= 11 is 1.71. The smallest absolute Gasteiger partial charge is 0.242 e. The Morgan fingerprint density at radius 1 is 1.67 bits per heavy atom. The van der Waals surface area contributed by atoms with Crippen molar-refractivity contribution >= 4 is 17.2 Å². The average Bonchev–Trinajstić information content (AvgIpc) is 2.97. The van der Waals surface area contributed by atoms with E-state index in [9.17, 15) is 4.79 Å². The third kappa shape index (κ3) is 2.74. The molecule has 1 aromatic rings. The summed E-state index contributed by atoms with van der Waals surface area (Å²) in [4.78, 5) is 13.3. The molecule has 1 unspecified atom stereocenters. The molecule has 2 heterocycles. The third-order valence-corrected chi connectivity index (χ3v) is 4.62. The lowest BCUT2D eigenvalue weighted by Gasteiger charge is -2.27. The fraction of sp³-hybridized carbons (Fsp3) is 0.615. The number of carbonyl (C=O) groups excluding carboxylic acids is 1. The van der Waals surface area contributed by atoms with Crippen molar-refractivity contribution in [2.45, 2.75) is 31.2 Å². The van der Waals surface area contributed by atoms with Crippen LogP contribution in [0.3, 0.4) is 0 Å². The molecule has 1 aliphatic heterocycles. The Hall–Kier alpha value is -0.910. The summed E-state index contributed by atoms with van der Waals surface area (Å²) in [7, 11) is 0. The van der Waals surface area contributed by atoms with Crippen LogP contribution < -0.4 is 11.1 Å². The van der Waals surface area contributed by atoms with Gasteiger partial charge in [-0.3, -0.25) is 4.79 Å². The SMILES string of the molecule is CC(C)(CNC(=O)C1(N)CCOC1)c1cccs1. The molecule has 1 saturated heterocycles. The lowest BCUT2D eigenvalue weighted by atomic mass is 9.90. The summed E-state index contributed by atoms with van der Waals surface area (Å²) in [5.74, 6) is -0.107. The van der Waals surface area contributed by atoms with Gasteiger partial charge in [0.2, 0.25) is 5.91 Å². The molecule has 5 heteroatoms. The summed E-state index contributed by atoms with van der Waals surface area (Å²) in [6.45, 7) is 5.71. The first kappa shape index (κ1) is 13.5. The molecule has 0 bridgehead atoms. The number of carbonyl (C=O) groups is 1. The number of nitrogens with two attached hydrogens (primary N) is 1. The standard InChI is InChI=1S/C13H20N2O2S/c1-12(2,10-4-3-7-18-10)8-15-11(16)13(14)5-6-17-9-13/h3-4,7H,5-6,8-9,14H2,1-2H3,(H,15,16). The predicted molar refractivity (Wildman–Crippen MR) is 72.7 cm³/mol. The molecule has 2 rings (SSSR count). The molecular weight excluding hydrogens is 248 g/mol. The van der Waals surface area contributed by atoms with Crippen LogP contribution in [-0.4, -0.2) is 31.2 Å². The predicted octanol–water partition coefficient (Wildman–Crippen LogP) is 1.26. The van der Waals surface area contributed by atoms with Gasteiger partial charge in [-0.1, -0.05) is 19.9 Å². The van der Waals surface area contributed by atoms with Crippen molar-refractivity contribution < 1.29 is 9.53 Å². The van der Waals surface area contributed by atoms with Crippen molar-refractivity contribution in [3.63, 3.8) is 0 Å². The first-order valence-electron chi connectivity index (χ1n) is 6.13. The second-order valence-corrected chi connectivity index (χ2v) is 6.45. The second-order valence-electron chi connectivity index (χ2n) is 5.50. The molecule has 0 radical (unpaired) electrons. The van der Waals surface area contributed by atoms with Gasteiger partial charge in [0.1, 0.15) is 5.54 Å². The molecule has 1 amide bonds. The normalized spacial score (nSPS) is 24.2. The Balaban J connectivity index is 1.93. The fourth-order valence-corrected chi connectivity index (χ4v) is 2.84. The fourth-order valence-electron chi connectivity index (χ4n) is 1.99. The van der Waals surface area contributed by atoms with Crippen molar-refractivity contribution in [3.05, 3.63) is 22.4 Å². The third-order valence-electron chi connectivity index (χ3n) is 3.38. The number of hydrogen-bond acceptors (Lipinski definition) is 4. The molecule has 1 atom stereocenters. The summed E-state index contributed by atoms with van der Waals surface area (Å²) in [5, 5.41) is 5.01. The van der Waals surface area contributed by atoms with Crippen LogP contribution in [0.4, 0.5) is 0 Å². The summed E-state index contributed by atoms with van der Waals surface area (Å²) in [5.41, 5.74) is 5.10. The minimum atomic E-state index is -0.842. The topological polar surface area (TPSA) is 64.4 Å². The van der Waals surface area contributed by atoms with E-state index in [1.54, 1.807) is 11.3 Å². The van der Waals surface area contributed by atoms with Crippen LogP contribution in [0.1, 0.15) is 25.1 Å². The largest absolute Gasteiger partial charge is 0.379 e.